The van der Waals surface area contributed by atoms with Gasteiger partial charge in [-0.1, -0.05) is 23.7 Å². The van der Waals surface area contributed by atoms with Gasteiger partial charge in [0.1, 0.15) is 5.15 Å². The Labute approximate surface area is 132 Å². The molecule has 0 radical (unpaired) electrons. The van der Waals surface area contributed by atoms with E-state index >= 15 is 0 Å². The summed E-state index contributed by atoms with van der Waals surface area (Å²) in [5, 5.41) is 11.7. The number of aromatic nitrogens is 3. The van der Waals surface area contributed by atoms with Crippen LogP contribution in [0.4, 0.5) is 11.6 Å². The maximum atomic E-state index is 10.3. The van der Waals surface area contributed by atoms with Gasteiger partial charge in [0.05, 0.1) is 11.4 Å². The van der Waals surface area contributed by atoms with Crippen LogP contribution in [0.5, 0.6) is 0 Å². The quantitative estimate of drug-likeness (QED) is 0.584. The summed E-state index contributed by atoms with van der Waals surface area (Å²) >= 11 is 5.90. The number of nitrogens with zero attached hydrogens (tertiary/aromatic N) is 4. The lowest BCUT2D eigenvalue weighted by Gasteiger charge is -2.15. The largest absolute Gasteiger partial charge is 0.281 e. The van der Waals surface area contributed by atoms with E-state index in [1.165, 1.54) is 0 Å². The van der Waals surface area contributed by atoms with Gasteiger partial charge < -0.3 is 0 Å². The van der Waals surface area contributed by atoms with Crippen molar-refractivity contribution in [3.63, 3.8) is 0 Å². The molecule has 0 aliphatic carbocycles. The molecule has 0 saturated heterocycles. The average Bonchev–Trinajstić information content (AvgIpc) is 2.54. The van der Waals surface area contributed by atoms with Gasteiger partial charge in [0, 0.05) is 18.0 Å². The van der Waals surface area contributed by atoms with Gasteiger partial charge in [-0.3, -0.25) is 5.21 Å². The molecule has 2 heterocycles. The maximum absolute atomic E-state index is 10.3. The summed E-state index contributed by atoms with van der Waals surface area (Å²) in [6.07, 6.45) is 3.20. The lowest BCUT2D eigenvalue weighted by atomic mass is 10.2. The summed E-state index contributed by atoms with van der Waals surface area (Å²) in [6, 6.07) is 12.7. The Balaban J connectivity index is 1.97. The highest BCUT2D eigenvalue weighted by molar-refractivity contribution is 6.29. The normalized spacial score (nSPS) is 10.5. The molecule has 5 nitrogen and oxygen atoms in total. The molecule has 0 spiro atoms. The number of anilines is 2. The zero-order valence-electron chi connectivity index (χ0n) is 11.8. The Kier molecular flexibility index (Phi) is 4.00. The Morgan fingerprint density at radius 3 is 2.64 bits per heavy atom. The SMILES string of the molecule is Cc1cccc(N(O)c2nccc(-c3ccnc(Cl)c3)n2)c1. The first kappa shape index (κ1) is 14.4. The van der Waals surface area contributed by atoms with Crippen molar-refractivity contribution in [2.45, 2.75) is 6.92 Å². The zero-order chi connectivity index (χ0) is 15.5. The fourth-order valence-corrected chi connectivity index (χ4v) is 2.22. The van der Waals surface area contributed by atoms with E-state index in [4.69, 9.17) is 11.6 Å². The highest BCUT2D eigenvalue weighted by Gasteiger charge is 2.11. The first-order chi connectivity index (χ1) is 10.6. The number of hydrogen-bond donors (Lipinski definition) is 1. The molecule has 6 heteroatoms. The molecule has 0 unspecified atom stereocenters. The smallest absolute Gasteiger partial charge is 0.255 e. The molecule has 0 aliphatic rings. The van der Waals surface area contributed by atoms with Crippen molar-refractivity contribution in [3.8, 4) is 11.3 Å². The van der Waals surface area contributed by atoms with E-state index in [-0.39, 0.29) is 5.95 Å². The summed E-state index contributed by atoms with van der Waals surface area (Å²) in [6.45, 7) is 1.95. The summed E-state index contributed by atoms with van der Waals surface area (Å²) < 4.78 is 0. The molecule has 0 bridgehead atoms. The van der Waals surface area contributed by atoms with Gasteiger partial charge in [-0.15, -0.1) is 0 Å². The Hall–Kier alpha value is -2.50. The maximum Gasteiger partial charge on any atom is 0.255 e. The molecule has 2 aromatic heterocycles. The first-order valence-corrected chi connectivity index (χ1v) is 7.02. The summed E-state index contributed by atoms with van der Waals surface area (Å²) in [5.74, 6) is 0.191. The van der Waals surface area contributed by atoms with Crippen molar-refractivity contribution in [2.24, 2.45) is 0 Å². The van der Waals surface area contributed by atoms with Crippen LogP contribution in [-0.4, -0.2) is 20.2 Å². The zero-order valence-corrected chi connectivity index (χ0v) is 12.6. The molecular formula is C16H13ClN4O. The van der Waals surface area contributed by atoms with Crippen LogP contribution < -0.4 is 5.06 Å². The average molecular weight is 313 g/mol. The van der Waals surface area contributed by atoms with E-state index in [1.807, 2.05) is 25.1 Å². The summed E-state index contributed by atoms with van der Waals surface area (Å²) in [4.78, 5) is 12.4. The number of rotatable bonds is 3. The summed E-state index contributed by atoms with van der Waals surface area (Å²) in [5.41, 5.74) is 3.10. The molecule has 3 rings (SSSR count). The monoisotopic (exact) mass is 312 g/mol. The van der Waals surface area contributed by atoms with Crippen molar-refractivity contribution >= 4 is 23.2 Å². The Morgan fingerprint density at radius 1 is 1.05 bits per heavy atom. The second-order valence-electron chi connectivity index (χ2n) is 4.76. The van der Waals surface area contributed by atoms with Gasteiger partial charge in [0.2, 0.25) is 0 Å². The number of benzene rings is 1. The van der Waals surface area contributed by atoms with Gasteiger partial charge >= 0.3 is 0 Å². The molecule has 0 atom stereocenters. The Bertz CT molecular complexity index is 809. The Morgan fingerprint density at radius 2 is 1.86 bits per heavy atom. The first-order valence-electron chi connectivity index (χ1n) is 6.64. The van der Waals surface area contributed by atoms with Crippen LogP contribution in [0, 0.1) is 6.92 Å². The minimum atomic E-state index is 0.191. The van der Waals surface area contributed by atoms with Crippen molar-refractivity contribution in [1.29, 1.82) is 0 Å². The van der Waals surface area contributed by atoms with Crippen LogP contribution in [-0.2, 0) is 0 Å². The second-order valence-corrected chi connectivity index (χ2v) is 5.15. The molecule has 0 amide bonds. The minimum Gasteiger partial charge on any atom is -0.281 e. The summed E-state index contributed by atoms with van der Waals surface area (Å²) in [7, 11) is 0. The number of hydrogen-bond acceptors (Lipinski definition) is 5. The van der Waals surface area contributed by atoms with Crippen molar-refractivity contribution in [2.75, 3.05) is 5.06 Å². The van der Waals surface area contributed by atoms with Crippen molar-refractivity contribution in [3.05, 3.63) is 65.6 Å². The predicted molar refractivity (Wildman–Crippen MR) is 85.4 cm³/mol. The van der Waals surface area contributed by atoms with E-state index in [0.717, 1.165) is 16.2 Å². The standard InChI is InChI=1S/C16H13ClN4O/c1-11-3-2-4-13(9-11)21(22)16-19-8-6-14(20-16)12-5-7-18-15(17)10-12/h2-10,22H,1H3. The minimum absolute atomic E-state index is 0.191. The fraction of sp³-hybridized carbons (Fsp3) is 0.0625. The number of pyridine rings is 1. The lowest BCUT2D eigenvalue weighted by Crippen LogP contribution is -2.14. The molecule has 3 aromatic rings. The van der Waals surface area contributed by atoms with E-state index in [0.29, 0.717) is 16.5 Å². The van der Waals surface area contributed by atoms with Crippen LogP contribution in [0.2, 0.25) is 5.15 Å². The van der Waals surface area contributed by atoms with Gasteiger partial charge in [-0.05, 0) is 42.8 Å². The van der Waals surface area contributed by atoms with Crippen LogP contribution in [0.3, 0.4) is 0 Å². The molecule has 0 aliphatic heterocycles. The van der Waals surface area contributed by atoms with Crippen LogP contribution >= 0.6 is 11.6 Å². The molecular weight excluding hydrogens is 300 g/mol. The molecule has 22 heavy (non-hydrogen) atoms. The molecule has 110 valence electrons. The van der Waals surface area contributed by atoms with Crippen LogP contribution in [0.25, 0.3) is 11.3 Å². The van der Waals surface area contributed by atoms with Crippen molar-refractivity contribution < 1.29 is 5.21 Å². The van der Waals surface area contributed by atoms with E-state index in [9.17, 15) is 5.21 Å². The van der Waals surface area contributed by atoms with Gasteiger partial charge in [0.15, 0.2) is 0 Å². The highest BCUT2D eigenvalue weighted by atomic mass is 35.5. The third-order valence-corrected chi connectivity index (χ3v) is 3.31. The van der Waals surface area contributed by atoms with E-state index in [2.05, 4.69) is 15.0 Å². The van der Waals surface area contributed by atoms with E-state index < -0.39 is 0 Å². The van der Waals surface area contributed by atoms with Crippen LogP contribution in [0.1, 0.15) is 5.56 Å². The van der Waals surface area contributed by atoms with E-state index in [1.54, 1.807) is 36.7 Å². The third-order valence-electron chi connectivity index (χ3n) is 3.10. The molecule has 1 aromatic carbocycles. The number of aryl methyl sites for hydroxylation is 1. The molecule has 1 N–H and O–H groups in total. The fourth-order valence-electron chi connectivity index (χ4n) is 2.05. The molecule has 0 fully saturated rings. The van der Waals surface area contributed by atoms with Crippen molar-refractivity contribution in [1.82, 2.24) is 15.0 Å². The van der Waals surface area contributed by atoms with Crippen LogP contribution in [0.15, 0.2) is 54.9 Å². The van der Waals surface area contributed by atoms with Gasteiger partial charge in [-0.25, -0.2) is 15.0 Å². The third kappa shape index (κ3) is 3.05. The topological polar surface area (TPSA) is 62.1 Å². The van der Waals surface area contributed by atoms with Gasteiger partial charge in [0.25, 0.3) is 5.95 Å². The second kappa shape index (κ2) is 6.09. The highest BCUT2D eigenvalue weighted by Crippen LogP contribution is 2.24. The molecule has 0 saturated carbocycles. The van der Waals surface area contributed by atoms with Gasteiger partial charge in [-0.2, -0.15) is 5.06 Å². The predicted octanol–water partition coefficient (Wildman–Crippen LogP) is 4.03. The lowest BCUT2D eigenvalue weighted by molar-refractivity contribution is 0.294. The number of halogens is 1.